The highest BCUT2D eigenvalue weighted by atomic mass is 16.6. The highest BCUT2D eigenvalue weighted by Gasteiger charge is 2.31. The molecule has 74 valence electrons. The van der Waals surface area contributed by atoms with E-state index >= 15 is 0 Å². The van der Waals surface area contributed by atoms with Crippen molar-refractivity contribution in [2.75, 3.05) is 19.6 Å². The molecule has 0 N–H and O–H groups in total. The summed E-state index contributed by atoms with van der Waals surface area (Å²) in [5.74, 6) is 0.712. The van der Waals surface area contributed by atoms with Gasteiger partial charge in [0.05, 0.1) is 5.71 Å². The Kier molecular flexibility index (Phi) is 2.54. The molecule has 3 heteroatoms. The minimum atomic E-state index is 0.211. The van der Waals surface area contributed by atoms with Gasteiger partial charge in [0.15, 0.2) is 0 Å². The second-order valence-corrected chi connectivity index (χ2v) is 4.29. The van der Waals surface area contributed by atoms with Gasteiger partial charge in [0, 0.05) is 12.5 Å². The first-order chi connectivity index (χ1) is 6.25. The van der Waals surface area contributed by atoms with Gasteiger partial charge in [-0.15, -0.1) is 0 Å². The van der Waals surface area contributed by atoms with Crippen LogP contribution in [0.3, 0.4) is 0 Å². The van der Waals surface area contributed by atoms with Crippen LogP contribution in [-0.4, -0.2) is 36.3 Å². The highest BCUT2D eigenvalue weighted by Crippen LogP contribution is 2.25. The Morgan fingerprint density at radius 1 is 1.38 bits per heavy atom. The fraction of sp³-hybridized carbons (Fsp3) is 0.900. The van der Waals surface area contributed by atoms with Crippen LogP contribution >= 0.6 is 0 Å². The molecule has 0 atom stereocenters. The van der Waals surface area contributed by atoms with Gasteiger partial charge in [-0.05, 0) is 39.8 Å². The molecule has 0 unspecified atom stereocenters. The van der Waals surface area contributed by atoms with Crippen molar-refractivity contribution in [1.82, 2.24) is 4.90 Å². The quantitative estimate of drug-likeness (QED) is 0.604. The second kappa shape index (κ2) is 3.66. The summed E-state index contributed by atoms with van der Waals surface area (Å²) in [6, 6.07) is 0. The van der Waals surface area contributed by atoms with E-state index in [0.717, 1.165) is 6.54 Å². The largest absolute Gasteiger partial charge is 0.393 e. The minimum Gasteiger partial charge on any atom is -0.393 e. The average Bonchev–Trinajstić information content (AvgIpc) is 2.17. The third-order valence-electron chi connectivity index (χ3n) is 2.83. The molecular formula is C10H18N2O. The topological polar surface area (TPSA) is 24.8 Å². The van der Waals surface area contributed by atoms with E-state index in [0.29, 0.717) is 5.92 Å². The van der Waals surface area contributed by atoms with Crippen molar-refractivity contribution in [2.45, 2.75) is 32.8 Å². The fourth-order valence-electron chi connectivity index (χ4n) is 2.06. The molecule has 13 heavy (non-hydrogen) atoms. The predicted molar refractivity (Wildman–Crippen MR) is 52.8 cm³/mol. The molecule has 0 spiro atoms. The predicted octanol–water partition coefficient (Wildman–Crippen LogP) is 1.49. The van der Waals surface area contributed by atoms with Crippen molar-refractivity contribution >= 4 is 5.71 Å². The molecule has 3 heterocycles. The Labute approximate surface area is 79.7 Å². The SMILES string of the molecule is CC(C)ON=C1CN2CCC1CC2. The molecule has 0 amide bonds. The average molecular weight is 182 g/mol. The molecule has 3 nitrogen and oxygen atoms in total. The van der Waals surface area contributed by atoms with Crippen LogP contribution in [0.1, 0.15) is 26.7 Å². The van der Waals surface area contributed by atoms with E-state index < -0.39 is 0 Å². The van der Waals surface area contributed by atoms with Crippen LogP contribution in [0, 0.1) is 5.92 Å². The Morgan fingerprint density at radius 3 is 2.54 bits per heavy atom. The van der Waals surface area contributed by atoms with Crippen molar-refractivity contribution in [1.29, 1.82) is 0 Å². The fourth-order valence-corrected chi connectivity index (χ4v) is 2.06. The number of fused-ring (bicyclic) bond motifs is 3. The van der Waals surface area contributed by atoms with Gasteiger partial charge in [-0.2, -0.15) is 0 Å². The monoisotopic (exact) mass is 182 g/mol. The van der Waals surface area contributed by atoms with Gasteiger partial charge in [0.1, 0.15) is 6.10 Å². The zero-order chi connectivity index (χ0) is 9.26. The van der Waals surface area contributed by atoms with Gasteiger partial charge < -0.3 is 4.84 Å². The molecular weight excluding hydrogens is 164 g/mol. The van der Waals surface area contributed by atoms with Crippen LogP contribution in [0.15, 0.2) is 5.16 Å². The van der Waals surface area contributed by atoms with Crippen LogP contribution in [0.2, 0.25) is 0 Å². The van der Waals surface area contributed by atoms with Gasteiger partial charge in [-0.3, -0.25) is 4.90 Å². The summed E-state index contributed by atoms with van der Waals surface area (Å²) in [7, 11) is 0. The number of rotatable bonds is 2. The maximum Gasteiger partial charge on any atom is 0.122 e. The summed E-state index contributed by atoms with van der Waals surface area (Å²) in [6.45, 7) is 7.59. The molecule has 0 aliphatic carbocycles. The van der Waals surface area contributed by atoms with Gasteiger partial charge >= 0.3 is 0 Å². The van der Waals surface area contributed by atoms with Gasteiger partial charge in [0.25, 0.3) is 0 Å². The summed E-state index contributed by atoms with van der Waals surface area (Å²) in [5.41, 5.74) is 1.27. The summed E-state index contributed by atoms with van der Waals surface area (Å²) in [5, 5.41) is 4.24. The van der Waals surface area contributed by atoms with Crippen LogP contribution < -0.4 is 0 Å². The van der Waals surface area contributed by atoms with Crippen molar-refractivity contribution in [3.8, 4) is 0 Å². The van der Waals surface area contributed by atoms with E-state index in [1.165, 1.54) is 31.6 Å². The van der Waals surface area contributed by atoms with Crippen molar-refractivity contribution in [2.24, 2.45) is 11.1 Å². The van der Waals surface area contributed by atoms with E-state index in [9.17, 15) is 0 Å². The van der Waals surface area contributed by atoms with Crippen LogP contribution in [0.25, 0.3) is 0 Å². The lowest BCUT2D eigenvalue weighted by atomic mass is 9.87. The Bertz CT molecular complexity index is 205. The zero-order valence-electron chi connectivity index (χ0n) is 8.49. The molecule has 2 bridgehead atoms. The number of hydrogen-bond donors (Lipinski definition) is 0. The minimum absolute atomic E-state index is 0.211. The van der Waals surface area contributed by atoms with Crippen molar-refractivity contribution < 1.29 is 4.84 Å². The smallest absolute Gasteiger partial charge is 0.122 e. The third-order valence-corrected chi connectivity index (χ3v) is 2.83. The summed E-state index contributed by atoms with van der Waals surface area (Å²) in [4.78, 5) is 7.76. The van der Waals surface area contributed by atoms with Gasteiger partial charge in [-0.25, -0.2) is 0 Å². The lowest BCUT2D eigenvalue weighted by Gasteiger charge is -2.39. The normalized spacial score (nSPS) is 35.8. The number of nitrogens with zero attached hydrogens (tertiary/aromatic N) is 2. The molecule has 3 rings (SSSR count). The molecule has 3 aliphatic heterocycles. The summed E-state index contributed by atoms with van der Waals surface area (Å²) < 4.78 is 0. The first-order valence-corrected chi connectivity index (χ1v) is 5.20. The van der Waals surface area contributed by atoms with E-state index in [-0.39, 0.29) is 6.10 Å². The van der Waals surface area contributed by atoms with Crippen LogP contribution in [-0.2, 0) is 4.84 Å². The van der Waals surface area contributed by atoms with Gasteiger partial charge in [-0.1, -0.05) is 5.16 Å². The lowest BCUT2D eigenvalue weighted by Crippen LogP contribution is -2.48. The van der Waals surface area contributed by atoms with Gasteiger partial charge in [0.2, 0.25) is 0 Å². The van der Waals surface area contributed by atoms with Crippen LogP contribution in [0.4, 0.5) is 0 Å². The molecule has 3 saturated heterocycles. The second-order valence-electron chi connectivity index (χ2n) is 4.29. The maximum absolute atomic E-state index is 5.30. The molecule has 0 aromatic carbocycles. The first-order valence-electron chi connectivity index (χ1n) is 5.20. The van der Waals surface area contributed by atoms with Crippen molar-refractivity contribution in [3.05, 3.63) is 0 Å². The number of piperidine rings is 3. The third kappa shape index (κ3) is 2.02. The number of hydrogen-bond acceptors (Lipinski definition) is 3. The molecule has 0 radical (unpaired) electrons. The maximum atomic E-state index is 5.30. The van der Waals surface area contributed by atoms with E-state index in [1.54, 1.807) is 0 Å². The van der Waals surface area contributed by atoms with E-state index in [1.807, 2.05) is 13.8 Å². The van der Waals surface area contributed by atoms with E-state index in [4.69, 9.17) is 4.84 Å². The number of oxime groups is 1. The van der Waals surface area contributed by atoms with Crippen LogP contribution in [0.5, 0.6) is 0 Å². The first kappa shape index (κ1) is 9.00. The lowest BCUT2D eigenvalue weighted by molar-refractivity contribution is 0.0787. The van der Waals surface area contributed by atoms with Crippen molar-refractivity contribution in [3.63, 3.8) is 0 Å². The Balaban J connectivity index is 1.96. The highest BCUT2D eigenvalue weighted by molar-refractivity contribution is 5.89. The Hall–Kier alpha value is -0.570. The zero-order valence-corrected chi connectivity index (χ0v) is 8.49. The Morgan fingerprint density at radius 2 is 2.08 bits per heavy atom. The van der Waals surface area contributed by atoms with E-state index in [2.05, 4.69) is 10.1 Å². The molecule has 3 fully saturated rings. The standard InChI is InChI=1S/C10H18N2O/c1-8(2)13-11-10-7-12-5-3-9(10)4-6-12/h8-9H,3-7H2,1-2H3. The summed E-state index contributed by atoms with van der Waals surface area (Å²) in [6.07, 6.45) is 2.77. The summed E-state index contributed by atoms with van der Waals surface area (Å²) >= 11 is 0. The molecule has 3 aliphatic rings. The molecule has 0 saturated carbocycles. The molecule has 0 aromatic heterocycles. The molecule has 0 aromatic rings.